The molecule has 0 atom stereocenters. The number of allylic oxidation sites excluding steroid dienone is 1. The van der Waals surface area contributed by atoms with E-state index >= 15 is 0 Å². The first-order valence-electron chi connectivity index (χ1n) is 9.83. The highest BCUT2D eigenvalue weighted by atomic mass is 16.5. The van der Waals surface area contributed by atoms with Gasteiger partial charge in [-0.15, -0.1) is 0 Å². The topological polar surface area (TPSA) is 74.6 Å². The van der Waals surface area contributed by atoms with Crippen LogP contribution in [0.4, 0.5) is 0 Å². The Morgan fingerprint density at radius 2 is 1.86 bits per heavy atom. The fourth-order valence-corrected chi connectivity index (χ4v) is 3.78. The maximum absolute atomic E-state index is 12.9. The van der Waals surface area contributed by atoms with Crippen LogP contribution in [0.2, 0.25) is 0 Å². The van der Waals surface area contributed by atoms with Gasteiger partial charge in [-0.3, -0.25) is 14.2 Å². The van der Waals surface area contributed by atoms with Crippen molar-refractivity contribution < 1.29 is 23.9 Å². The molecule has 0 amide bonds. The van der Waals surface area contributed by atoms with Gasteiger partial charge in [0, 0.05) is 17.0 Å². The molecule has 1 aromatic heterocycles. The summed E-state index contributed by atoms with van der Waals surface area (Å²) >= 11 is 0. The van der Waals surface area contributed by atoms with Gasteiger partial charge in [-0.25, -0.2) is 4.79 Å². The summed E-state index contributed by atoms with van der Waals surface area (Å²) in [6.07, 6.45) is 3.03. The van der Waals surface area contributed by atoms with E-state index in [1.807, 2.05) is 45.2 Å². The first-order chi connectivity index (χ1) is 13.7. The van der Waals surface area contributed by atoms with Crippen molar-refractivity contribution in [3.05, 3.63) is 41.1 Å². The Bertz CT molecular complexity index is 1020. The van der Waals surface area contributed by atoms with Gasteiger partial charge in [0.05, 0.1) is 31.2 Å². The van der Waals surface area contributed by atoms with Crippen LogP contribution in [0.5, 0.6) is 0 Å². The molecule has 0 radical (unpaired) electrons. The van der Waals surface area contributed by atoms with E-state index < -0.39 is 17.4 Å². The zero-order valence-corrected chi connectivity index (χ0v) is 17.6. The highest BCUT2D eigenvalue weighted by molar-refractivity contribution is 6.08. The number of aryl methyl sites for hydroxylation is 1. The minimum Gasteiger partial charge on any atom is -0.469 e. The van der Waals surface area contributed by atoms with Crippen LogP contribution in [0.15, 0.2) is 30.0 Å². The largest absolute Gasteiger partial charge is 0.469 e. The highest BCUT2D eigenvalue weighted by Gasteiger charge is 2.30. The van der Waals surface area contributed by atoms with E-state index in [9.17, 15) is 14.4 Å². The lowest BCUT2D eigenvalue weighted by atomic mass is 9.85. The van der Waals surface area contributed by atoms with Crippen LogP contribution in [-0.4, -0.2) is 36.1 Å². The number of hydrogen-bond donors (Lipinski definition) is 0. The molecule has 0 spiro atoms. The molecule has 0 fully saturated rings. The number of methoxy groups -OCH3 is 1. The van der Waals surface area contributed by atoms with E-state index in [0.29, 0.717) is 18.4 Å². The summed E-state index contributed by atoms with van der Waals surface area (Å²) in [5.41, 5.74) is 3.34. The molecule has 0 unspecified atom stereocenters. The summed E-state index contributed by atoms with van der Waals surface area (Å²) in [4.78, 5) is 37.5. The fraction of sp³-hybridized carbons (Fsp3) is 0.435. The third-order valence-electron chi connectivity index (χ3n) is 5.17. The molecule has 1 aliphatic rings. The second-order valence-corrected chi connectivity index (χ2v) is 8.21. The Morgan fingerprint density at radius 3 is 2.48 bits per heavy atom. The number of ether oxygens (including phenoxy) is 2. The van der Waals surface area contributed by atoms with Crippen molar-refractivity contribution in [3.8, 4) is 0 Å². The minimum atomic E-state index is -0.521. The number of carbonyl (C=O) groups is 3. The molecule has 154 valence electrons. The lowest BCUT2D eigenvalue weighted by Crippen LogP contribution is -2.26. The number of rotatable bonds is 4. The zero-order valence-electron chi connectivity index (χ0n) is 17.6. The first-order valence-corrected chi connectivity index (χ1v) is 9.83. The average Bonchev–Trinajstić information content (AvgIpc) is 3.05. The fourth-order valence-electron chi connectivity index (χ4n) is 3.78. The summed E-state index contributed by atoms with van der Waals surface area (Å²) < 4.78 is 11.7. The van der Waals surface area contributed by atoms with Crippen LogP contribution in [-0.2, 0) is 25.5 Å². The van der Waals surface area contributed by atoms with Crippen LogP contribution in [0.25, 0.3) is 16.5 Å². The van der Waals surface area contributed by atoms with Gasteiger partial charge in [-0.05, 0) is 42.5 Å². The summed E-state index contributed by atoms with van der Waals surface area (Å²) in [5.74, 6) is -0.976. The van der Waals surface area contributed by atoms with Crippen molar-refractivity contribution in [2.24, 2.45) is 5.41 Å². The van der Waals surface area contributed by atoms with Gasteiger partial charge >= 0.3 is 11.9 Å². The van der Waals surface area contributed by atoms with Gasteiger partial charge in [0.1, 0.15) is 0 Å². The number of carbonyl (C=O) groups excluding carboxylic acids is 3. The van der Waals surface area contributed by atoms with E-state index in [4.69, 9.17) is 9.47 Å². The molecule has 1 aromatic carbocycles. The van der Waals surface area contributed by atoms with E-state index in [1.165, 1.54) is 7.11 Å². The zero-order chi connectivity index (χ0) is 21.3. The molecule has 6 heteroatoms. The van der Waals surface area contributed by atoms with Crippen molar-refractivity contribution in [1.82, 2.24) is 4.57 Å². The molecule has 2 aromatic rings. The van der Waals surface area contributed by atoms with Gasteiger partial charge < -0.3 is 9.47 Å². The molecule has 0 bridgehead atoms. The van der Waals surface area contributed by atoms with Crippen LogP contribution in [0, 0.1) is 5.41 Å². The molecule has 29 heavy (non-hydrogen) atoms. The summed E-state index contributed by atoms with van der Waals surface area (Å²) in [6.45, 7) is 7.64. The van der Waals surface area contributed by atoms with Gasteiger partial charge in [0.2, 0.25) is 5.91 Å². The predicted molar refractivity (Wildman–Crippen MR) is 111 cm³/mol. The molecule has 0 saturated heterocycles. The maximum Gasteiger partial charge on any atom is 0.334 e. The van der Waals surface area contributed by atoms with Gasteiger partial charge in [-0.1, -0.05) is 32.9 Å². The number of hydrogen-bond acceptors (Lipinski definition) is 5. The number of aromatic nitrogens is 1. The van der Waals surface area contributed by atoms with Crippen LogP contribution in [0.1, 0.15) is 56.5 Å². The Balaban J connectivity index is 2.23. The molecule has 1 heterocycles. The quantitative estimate of drug-likeness (QED) is 0.572. The normalized spacial score (nSPS) is 15.2. The smallest absolute Gasteiger partial charge is 0.334 e. The van der Waals surface area contributed by atoms with Crippen LogP contribution in [0.3, 0.4) is 0 Å². The van der Waals surface area contributed by atoms with E-state index in [1.54, 1.807) is 11.5 Å². The SMILES string of the molecule is CCOC(=O)/C(CC(=O)OC)=C1\CCc2cn(C(=O)C(C)(C)C)c3cccc1c23. The third-order valence-corrected chi connectivity index (χ3v) is 5.17. The second-order valence-electron chi connectivity index (χ2n) is 8.21. The summed E-state index contributed by atoms with van der Waals surface area (Å²) in [7, 11) is 1.30. The van der Waals surface area contributed by atoms with Gasteiger partial charge in [0.15, 0.2) is 0 Å². The average molecular weight is 397 g/mol. The Kier molecular flexibility index (Phi) is 5.64. The lowest BCUT2D eigenvalue weighted by molar-refractivity contribution is -0.144. The summed E-state index contributed by atoms with van der Waals surface area (Å²) in [5, 5.41) is 0.956. The minimum absolute atomic E-state index is 0.0125. The van der Waals surface area contributed by atoms with Crippen molar-refractivity contribution in [2.75, 3.05) is 13.7 Å². The van der Waals surface area contributed by atoms with Crippen molar-refractivity contribution >= 4 is 34.3 Å². The molecular weight excluding hydrogens is 370 g/mol. The Morgan fingerprint density at radius 1 is 1.14 bits per heavy atom. The molecule has 3 rings (SSSR count). The summed E-state index contributed by atoms with van der Waals surface area (Å²) in [6, 6.07) is 5.72. The Hall–Kier alpha value is -2.89. The van der Waals surface area contributed by atoms with Crippen molar-refractivity contribution in [2.45, 2.75) is 47.0 Å². The van der Waals surface area contributed by atoms with E-state index in [0.717, 1.165) is 27.6 Å². The first kappa shape index (κ1) is 20.8. The number of nitrogens with zero attached hydrogens (tertiary/aromatic N) is 1. The van der Waals surface area contributed by atoms with Crippen molar-refractivity contribution in [1.29, 1.82) is 0 Å². The Labute approximate surface area is 170 Å². The molecule has 0 aliphatic heterocycles. The van der Waals surface area contributed by atoms with Crippen LogP contribution < -0.4 is 0 Å². The predicted octanol–water partition coefficient (Wildman–Crippen LogP) is 4.15. The van der Waals surface area contributed by atoms with E-state index in [2.05, 4.69) is 0 Å². The highest BCUT2D eigenvalue weighted by Crippen LogP contribution is 2.40. The third kappa shape index (κ3) is 3.84. The molecule has 1 aliphatic carbocycles. The lowest BCUT2D eigenvalue weighted by Gasteiger charge is -2.20. The molecule has 0 N–H and O–H groups in total. The van der Waals surface area contributed by atoms with Gasteiger partial charge in [0.25, 0.3) is 0 Å². The number of benzene rings is 1. The monoisotopic (exact) mass is 397 g/mol. The molecule has 0 saturated carbocycles. The maximum atomic E-state index is 12.9. The van der Waals surface area contributed by atoms with Crippen LogP contribution >= 0.6 is 0 Å². The van der Waals surface area contributed by atoms with Crippen molar-refractivity contribution in [3.63, 3.8) is 0 Å². The molecule has 6 nitrogen and oxygen atoms in total. The second kappa shape index (κ2) is 7.85. The molecular formula is C23H27NO5. The van der Waals surface area contributed by atoms with E-state index in [-0.39, 0.29) is 18.9 Å². The van der Waals surface area contributed by atoms with Gasteiger partial charge in [-0.2, -0.15) is 0 Å². The number of esters is 2. The standard InChI is InChI=1S/C23H27NO5/c1-6-29-21(26)17(12-19(25)28-5)15-11-10-14-13-24(22(27)23(2,3)4)18-9-7-8-16(15)20(14)18/h7-9,13H,6,10-12H2,1-5H3/b17-15+.